The Balaban J connectivity index is 1.57. The van der Waals surface area contributed by atoms with Gasteiger partial charge in [-0.2, -0.15) is 0 Å². The third kappa shape index (κ3) is 4.66. The van der Waals surface area contributed by atoms with Crippen LogP contribution in [0.5, 0.6) is 0 Å². The van der Waals surface area contributed by atoms with Gasteiger partial charge in [0.25, 0.3) is 5.91 Å². The summed E-state index contributed by atoms with van der Waals surface area (Å²) in [7, 11) is 0. The first-order chi connectivity index (χ1) is 12.6. The Morgan fingerprint density at radius 2 is 1.58 bits per heavy atom. The largest absolute Gasteiger partial charge is 0.354 e. The number of carbonyl (C=O) groups is 1. The number of anilines is 2. The van der Waals surface area contributed by atoms with Crippen molar-refractivity contribution in [2.24, 2.45) is 0 Å². The van der Waals surface area contributed by atoms with Crippen LogP contribution < -0.4 is 10.6 Å². The first-order valence-electron chi connectivity index (χ1n) is 8.48. The summed E-state index contributed by atoms with van der Waals surface area (Å²) in [5.41, 5.74) is 4.22. The smallest absolute Gasteiger partial charge is 0.270 e. The molecule has 1 heterocycles. The quantitative estimate of drug-likeness (QED) is 0.691. The van der Waals surface area contributed by atoms with Crippen LogP contribution in [0.1, 0.15) is 28.5 Å². The molecule has 26 heavy (non-hydrogen) atoms. The molecule has 0 bridgehead atoms. The molecular weight excluding hydrogens is 329 g/mol. The van der Waals surface area contributed by atoms with E-state index in [9.17, 15) is 9.18 Å². The molecule has 132 valence electrons. The fourth-order valence-electron chi connectivity index (χ4n) is 2.47. The molecule has 3 rings (SSSR count). The van der Waals surface area contributed by atoms with Gasteiger partial charge >= 0.3 is 0 Å². The number of amides is 1. The molecule has 1 aromatic heterocycles. The van der Waals surface area contributed by atoms with E-state index in [1.54, 1.807) is 24.4 Å². The number of aryl methyl sites for hydroxylation is 1. The van der Waals surface area contributed by atoms with Gasteiger partial charge in [-0.25, -0.2) is 9.37 Å². The molecule has 5 heteroatoms. The number of halogens is 1. The van der Waals surface area contributed by atoms with Crippen LogP contribution in [0.4, 0.5) is 15.8 Å². The van der Waals surface area contributed by atoms with E-state index in [4.69, 9.17) is 0 Å². The van der Waals surface area contributed by atoms with Crippen LogP contribution in [0.15, 0.2) is 66.9 Å². The Morgan fingerprint density at radius 3 is 2.19 bits per heavy atom. The van der Waals surface area contributed by atoms with Crippen molar-refractivity contribution in [3.05, 3.63) is 89.5 Å². The molecule has 0 unspecified atom stereocenters. The highest BCUT2D eigenvalue weighted by molar-refractivity contribution is 5.92. The maximum absolute atomic E-state index is 12.9. The molecule has 0 radical (unpaired) electrons. The number of hydrogen-bond acceptors (Lipinski definition) is 3. The first-order valence-corrected chi connectivity index (χ1v) is 8.48. The molecule has 0 aliphatic heterocycles. The van der Waals surface area contributed by atoms with Gasteiger partial charge in [-0.05, 0) is 53.9 Å². The average molecular weight is 349 g/mol. The van der Waals surface area contributed by atoms with E-state index in [0.717, 1.165) is 23.4 Å². The van der Waals surface area contributed by atoms with E-state index in [1.807, 2.05) is 18.2 Å². The number of nitrogens with one attached hydrogen (secondary N) is 2. The monoisotopic (exact) mass is 349 g/mol. The lowest BCUT2D eigenvalue weighted by molar-refractivity contribution is 0.0946. The molecule has 0 aliphatic rings. The van der Waals surface area contributed by atoms with Gasteiger partial charge in [0.2, 0.25) is 0 Å². The summed E-state index contributed by atoms with van der Waals surface area (Å²) >= 11 is 0. The number of carbonyl (C=O) groups excluding carboxylic acids is 1. The lowest BCUT2D eigenvalue weighted by atomic mass is 10.1. The number of hydrogen-bond donors (Lipinski definition) is 2. The van der Waals surface area contributed by atoms with E-state index in [1.165, 1.54) is 17.7 Å². The Bertz CT molecular complexity index is 859. The van der Waals surface area contributed by atoms with Crippen molar-refractivity contribution in [3.63, 3.8) is 0 Å². The average Bonchev–Trinajstić information content (AvgIpc) is 2.68. The molecule has 0 saturated carbocycles. The van der Waals surface area contributed by atoms with E-state index in [-0.39, 0.29) is 11.7 Å². The summed E-state index contributed by atoms with van der Waals surface area (Å²) in [6.07, 6.45) is 2.63. The third-order valence-electron chi connectivity index (χ3n) is 4.01. The third-order valence-corrected chi connectivity index (χ3v) is 4.01. The van der Waals surface area contributed by atoms with Gasteiger partial charge in [0.15, 0.2) is 0 Å². The predicted octanol–water partition coefficient (Wildman–Crippen LogP) is 4.46. The van der Waals surface area contributed by atoms with Gasteiger partial charge in [0, 0.05) is 12.2 Å². The highest BCUT2D eigenvalue weighted by Gasteiger charge is 2.07. The number of nitrogens with zero attached hydrogens (tertiary/aromatic N) is 1. The van der Waals surface area contributed by atoms with Crippen molar-refractivity contribution >= 4 is 17.3 Å². The van der Waals surface area contributed by atoms with E-state index in [0.29, 0.717) is 12.2 Å². The maximum atomic E-state index is 12.9. The van der Waals surface area contributed by atoms with Crippen LogP contribution in [0.2, 0.25) is 0 Å². The highest BCUT2D eigenvalue weighted by Crippen LogP contribution is 2.17. The zero-order valence-electron chi connectivity index (χ0n) is 14.5. The standard InChI is InChI=1S/C21H20FN3O/c1-2-15-5-9-18(10-6-15)25-19-11-12-20(23-14-19)21(26)24-13-16-3-7-17(22)8-4-16/h3-12,14,25H,2,13H2,1H3,(H,24,26). The van der Waals surface area contributed by atoms with E-state index in [2.05, 4.69) is 34.7 Å². The molecule has 3 aromatic rings. The summed E-state index contributed by atoms with van der Waals surface area (Å²) in [6.45, 7) is 2.44. The maximum Gasteiger partial charge on any atom is 0.270 e. The number of aromatic nitrogens is 1. The van der Waals surface area contributed by atoms with Crippen LogP contribution in [-0.4, -0.2) is 10.9 Å². The van der Waals surface area contributed by atoms with Crippen molar-refractivity contribution in [2.45, 2.75) is 19.9 Å². The van der Waals surface area contributed by atoms with Gasteiger partial charge in [-0.3, -0.25) is 4.79 Å². The summed E-state index contributed by atoms with van der Waals surface area (Å²) in [5.74, 6) is -0.567. The van der Waals surface area contributed by atoms with Gasteiger partial charge in [0.1, 0.15) is 11.5 Å². The van der Waals surface area contributed by atoms with Crippen LogP contribution in [0.3, 0.4) is 0 Å². The van der Waals surface area contributed by atoms with Crippen molar-refractivity contribution < 1.29 is 9.18 Å². The van der Waals surface area contributed by atoms with Gasteiger partial charge in [-0.15, -0.1) is 0 Å². The minimum absolute atomic E-state index is 0.270. The van der Waals surface area contributed by atoms with Crippen molar-refractivity contribution in [2.75, 3.05) is 5.32 Å². The molecule has 1 amide bonds. The minimum atomic E-state index is -0.297. The molecule has 0 atom stereocenters. The Kier molecular flexibility index (Phi) is 5.59. The second kappa shape index (κ2) is 8.25. The van der Waals surface area contributed by atoms with Crippen LogP contribution >= 0.6 is 0 Å². The fraction of sp³-hybridized carbons (Fsp3) is 0.143. The van der Waals surface area contributed by atoms with Gasteiger partial charge in [0.05, 0.1) is 11.9 Å². The fourth-order valence-corrected chi connectivity index (χ4v) is 2.47. The second-order valence-corrected chi connectivity index (χ2v) is 5.92. The number of rotatable bonds is 6. The summed E-state index contributed by atoms with van der Waals surface area (Å²) in [5, 5.41) is 6.03. The van der Waals surface area contributed by atoms with Crippen LogP contribution in [-0.2, 0) is 13.0 Å². The zero-order valence-corrected chi connectivity index (χ0v) is 14.5. The number of benzene rings is 2. The van der Waals surface area contributed by atoms with Crippen molar-refractivity contribution in [3.8, 4) is 0 Å². The highest BCUT2D eigenvalue weighted by atomic mass is 19.1. The van der Waals surface area contributed by atoms with Gasteiger partial charge in [-0.1, -0.05) is 31.2 Å². The summed E-state index contributed by atoms with van der Waals surface area (Å²) in [4.78, 5) is 16.4. The molecule has 4 nitrogen and oxygen atoms in total. The molecule has 0 spiro atoms. The van der Waals surface area contributed by atoms with Crippen LogP contribution in [0, 0.1) is 5.82 Å². The SMILES string of the molecule is CCc1ccc(Nc2ccc(C(=O)NCc3ccc(F)cc3)nc2)cc1. The lowest BCUT2D eigenvalue weighted by Crippen LogP contribution is -2.23. The molecule has 2 aromatic carbocycles. The first kappa shape index (κ1) is 17.6. The van der Waals surface area contributed by atoms with E-state index >= 15 is 0 Å². The van der Waals surface area contributed by atoms with Crippen molar-refractivity contribution in [1.82, 2.24) is 10.3 Å². The molecular formula is C21H20FN3O. The lowest BCUT2D eigenvalue weighted by Gasteiger charge is -2.08. The molecule has 0 saturated heterocycles. The Labute approximate surface area is 152 Å². The molecule has 0 aliphatic carbocycles. The Morgan fingerprint density at radius 1 is 0.923 bits per heavy atom. The van der Waals surface area contributed by atoms with E-state index < -0.39 is 0 Å². The summed E-state index contributed by atoms with van der Waals surface area (Å²) in [6, 6.07) is 17.7. The minimum Gasteiger partial charge on any atom is -0.354 e. The van der Waals surface area contributed by atoms with Crippen LogP contribution in [0.25, 0.3) is 0 Å². The predicted molar refractivity (Wildman–Crippen MR) is 101 cm³/mol. The molecule has 0 fully saturated rings. The topological polar surface area (TPSA) is 54.0 Å². The second-order valence-electron chi connectivity index (χ2n) is 5.92. The van der Waals surface area contributed by atoms with Gasteiger partial charge < -0.3 is 10.6 Å². The molecule has 2 N–H and O–H groups in total. The number of pyridine rings is 1. The Hall–Kier alpha value is -3.21. The normalized spacial score (nSPS) is 10.4. The zero-order chi connectivity index (χ0) is 18.4. The van der Waals surface area contributed by atoms with Crippen molar-refractivity contribution in [1.29, 1.82) is 0 Å². The summed E-state index contributed by atoms with van der Waals surface area (Å²) < 4.78 is 12.9.